The van der Waals surface area contributed by atoms with Gasteiger partial charge >= 0.3 is 5.95 Å². The number of aryl methyl sites for hydroxylation is 2. The van der Waals surface area contributed by atoms with Gasteiger partial charge in [-0.25, -0.2) is 4.98 Å². The molecule has 4 nitrogen and oxygen atoms in total. The summed E-state index contributed by atoms with van der Waals surface area (Å²) in [6.45, 7) is 3.77. The van der Waals surface area contributed by atoms with E-state index >= 15 is 0 Å². The topological polar surface area (TPSA) is 38.7 Å². The largest absolute Gasteiger partial charge is 0.331 e. The van der Waals surface area contributed by atoms with Gasteiger partial charge in [0.15, 0.2) is 0 Å². The lowest BCUT2D eigenvalue weighted by molar-refractivity contribution is 0.453. The van der Waals surface area contributed by atoms with Crippen molar-refractivity contribution in [3.8, 4) is 0 Å². The molecule has 12 heavy (non-hydrogen) atoms. The summed E-state index contributed by atoms with van der Waals surface area (Å²) in [4.78, 5) is 12.6. The molecule has 1 rings (SSSR count). The van der Waals surface area contributed by atoms with Crippen molar-refractivity contribution in [2.24, 2.45) is 0 Å². The maximum absolute atomic E-state index is 4.26. The van der Waals surface area contributed by atoms with Gasteiger partial charge in [-0.15, -0.1) is 0 Å². The summed E-state index contributed by atoms with van der Waals surface area (Å²) >= 11 is 0. The van der Waals surface area contributed by atoms with Crippen molar-refractivity contribution < 1.29 is 0 Å². The lowest BCUT2D eigenvalue weighted by Gasteiger charge is -2.20. The Hall–Kier alpha value is -1.03. The zero-order valence-electron chi connectivity index (χ0n) is 8.29. The third-order valence-corrected chi connectivity index (χ3v) is 1.45. The third kappa shape index (κ3) is 1.98. The van der Waals surface area contributed by atoms with Crippen molar-refractivity contribution in [2.45, 2.75) is 13.8 Å². The molecule has 0 unspecified atom stereocenters. The molecular formula is C8H15N4+. The molecule has 0 aliphatic carbocycles. The van der Waals surface area contributed by atoms with Gasteiger partial charge in [-0.3, -0.25) is 4.48 Å². The molecule has 0 atom stereocenters. The summed E-state index contributed by atoms with van der Waals surface area (Å²) < 4.78 is 0.629. The molecule has 1 aromatic heterocycles. The number of nitrogens with zero attached hydrogens (tertiary/aromatic N) is 4. The highest BCUT2D eigenvalue weighted by atomic mass is 15.4. The molecule has 0 amide bonds. The van der Waals surface area contributed by atoms with Gasteiger partial charge in [0.25, 0.3) is 0 Å². The minimum atomic E-state index is 0.629. The van der Waals surface area contributed by atoms with Gasteiger partial charge in [-0.05, 0) is 13.8 Å². The van der Waals surface area contributed by atoms with Crippen LogP contribution >= 0.6 is 0 Å². The highest BCUT2D eigenvalue weighted by molar-refractivity contribution is 5.21. The molecule has 1 aromatic rings. The molecule has 0 aromatic carbocycles. The molecule has 1 heterocycles. The van der Waals surface area contributed by atoms with Gasteiger partial charge in [0.1, 0.15) is 11.6 Å². The summed E-state index contributed by atoms with van der Waals surface area (Å²) in [5.41, 5.74) is 0. The van der Waals surface area contributed by atoms with Crippen molar-refractivity contribution >= 4 is 5.95 Å². The summed E-state index contributed by atoms with van der Waals surface area (Å²) in [6, 6.07) is 0. The Morgan fingerprint density at radius 1 is 0.833 bits per heavy atom. The highest BCUT2D eigenvalue weighted by Gasteiger charge is 2.16. The van der Waals surface area contributed by atoms with E-state index in [1.165, 1.54) is 0 Å². The van der Waals surface area contributed by atoms with Crippen LogP contribution in [0.3, 0.4) is 0 Å². The molecule has 0 spiro atoms. The van der Waals surface area contributed by atoms with E-state index in [1.54, 1.807) is 0 Å². The third-order valence-electron chi connectivity index (χ3n) is 1.45. The zero-order chi connectivity index (χ0) is 9.35. The Balaban J connectivity index is 3.18. The molecule has 0 saturated carbocycles. The zero-order valence-corrected chi connectivity index (χ0v) is 8.29. The van der Waals surface area contributed by atoms with Crippen LogP contribution in [-0.4, -0.2) is 36.1 Å². The Kier molecular flexibility index (Phi) is 2.10. The summed E-state index contributed by atoms with van der Waals surface area (Å²) in [5.74, 6) is 2.37. The van der Waals surface area contributed by atoms with Crippen molar-refractivity contribution in [1.29, 1.82) is 0 Å². The van der Waals surface area contributed by atoms with E-state index < -0.39 is 0 Å². The number of hydrogen-bond donors (Lipinski definition) is 0. The Morgan fingerprint density at radius 2 is 1.25 bits per heavy atom. The first-order valence-electron chi connectivity index (χ1n) is 3.91. The Labute approximate surface area is 72.9 Å². The van der Waals surface area contributed by atoms with E-state index in [0.29, 0.717) is 4.48 Å². The van der Waals surface area contributed by atoms with Crippen molar-refractivity contribution in [1.82, 2.24) is 19.4 Å². The minimum Gasteiger partial charge on any atom is -0.264 e. The molecule has 0 fully saturated rings. The average molecular weight is 167 g/mol. The molecule has 0 aliphatic heterocycles. The van der Waals surface area contributed by atoms with Crippen molar-refractivity contribution in [2.75, 3.05) is 21.1 Å². The lowest BCUT2D eigenvalue weighted by Crippen LogP contribution is -2.37. The molecule has 0 aliphatic rings. The second-order valence-corrected chi connectivity index (χ2v) is 3.74. The Morgan fingerprint density at radius 3 is 1.58 bits per heavy atom. The van der Waals surface area contributed by atoms with Gasteiger partial charge < -0.3 is 0 Å². The fraction of sp³-hybridized carbons (Fsp3) is 0.625. The van der Waals surface area contributed by atoms with Crippen LogP contribution < -0.4 is 4.48 Å². The number of aromatic nitrogens is 3. The second kappa shape index (κ2) is 2.79. The quantitative estimate of drug-likeness (QED) is 0.577. The first-order valence-corrected chi connectivity index (χ1v) is 3.91. The summed E-state index contributed by atoms with van der Waals surface area (Å²) in [6.07, 6.45) is 0. The number of rotatable bonds is 1. The molecule has 66 valence electrons. The van der Waals surface area contributed by atoms with Crippen LogP contribution in [0.4, 0.5) is 5.95 Å². The predicted octanol–water partition coefficient (Wildman–Crippen LogP) is 0.685. The average Bonchev–Trinajstić information content (AvgIpc) is 1.82. The van der Waals surface area contributed by atoms with E-state index in [9.17, 15) is 0 Å². The minimum absolute atomic E-state index is 0.629. The normalized spacial score (nSPS) is 11.8. The predicted molar refractivity (Wildman–Crippen MR) is 48.9 cm³/mol. The van der Waals surface area contributed by atoms with E-state index in [0.717, 1.165) is 17.6 Å². The molecule has 0 saturated heterocycles. The SMILES string of the molecule is Cc1nc(C)nc([N+](C)(C)C)n1. The van der Waals surface area contributed by atoms with Crippen LogP contribution in [0.2, 0.25) is 0 Å². The monoisotopic (exact) mass is 167 g/mol. The van der Waals surface area contributed by atoms with Crippen LogP contribution in [-0.2, 0) is 0 Å². The van der Waals surface area contributed by atoms with Gasteiger partial charge in [-0.2, -0.15) is 9.97 Å². The van der Waals surface area contributed by atoms with Crippen LogP contribution in [0.25, 0.3) is 0 Å². The molecule has 4 heteroatoms. The number of quaternary nitrogens is 1. The van der Waals surface area contributed by atoms with Gasteiger partial charge in [0, 0.05) is 0 Å². The first kappa shape index (κ1) is 9.06. The van der Waals surface area contributed by atoms with Gasteiger partial charge in [0.05, 0.1) is 21.1 Å². The lowest BCUT2D eigenvalue weighted by atomic mass is 10.5. The smallest absolute Gasteiger partial charge is 0.264 e. The van der Waals surface area contributed by atoms with Crippen molar-refractivity contribution in [3.05, 3.63) is 11.6 Å². The van der Waals surface area contributed by atoms with E-state index in [1.807, 2.05) is 35.0 Å². The molecular weight excluding hydrogens is 152 g/mol. The van der Waals surface area contributed by atoms with Crippen LogP contribution in [0.5, 0.6) is 0 Å². The van der Waals surface area contributed by atoms with E-state index in [2.05, 4.69) is 15.0 Å². The summed E-state index contributed by atoms with van der Waals surface area (Å²) in [5, 5.41) is 0. The fourth-order valence-corrected chi connectivity index (χ4v) is 0.899. The van der Waals surface area contributed by atoms with E-state index in [-0.39, 0.29) is 0 Å². The highest BCUT2D eigenvalue weighted by Crippen LogP contribution is 2.08. The Bertz CT molecular complexity index is 267. The van der Waals surface area contributed by atoms with Crippen LogP contribution in [0, 0.1) is 13.8 Å². The van der Waals surface area contributed by atoms with E-state index in [4.69, 9.17) is 0 Å². The van der Waals surface area contributed by atoms with Gasteiger partial charge in [0.2, 0.25) is 0 Å². The molecule has 0 N–H and O–H groups in total. The maximum atomic E-state index is 4.26. The maximum Gasteiger partial charge on any atom is 0.331 e. The first-order chi connectivity index (χ1) is 5.39. The van der Waals surface area contributed by atoms with Gasteiger partial charge in [-0.1, -0.05) is 0 Å². The number of hydrogen-bond acceptors (Lipinski definition) is 3. The second-order valence-electron chi connectivity index (χ2n) is 3.74. The van der Waals surface area contributed by atoms with Crippen LogP contribution in [0.1, 0.15) is 11.6 Å². The molecule has 0 radical (unpaired) electrons. The van der Waals surface area contributed by atoms with Crippen LogP contribution in [0.15, 0.2) is 0 Å². The standard InChI is InChI=1S/C8H15N4/c1-6-9-7(2)11-8(10-6)12(3,4)5/h1-5H3/q+1. The fourth-order valence-electron chi connectivity index (χ4n) is 0.899. The van der Waals surface area contributed by atoms with Crippen molar-refractivity contribution in [3.63, 3.8) is 0 Å². The summed E-state index contributed by atoms with van der Waals surface area (Å²) in [7, 11) is 6.11. The molecule has 0 bridgehead atoms.